The van der Waals surface area contributed by atoms with Gasteiger partial charge in [0, 0.05) is 0 Å². The fraction of sp³-hybridized carbons (Fsp3) is 1.00. The van der Waals surface area contributed by atoms with Crippen molar-refractivity contribution < 1.29 is 0 Å². The minimum absolute atomic E-state index is 1.03. The lowest BCUT2D eigenvalue weighted by molar-refractivity contribution is 0.635. The Morgan fingerprint density at radius 2 is 1.88 bits per heavy atom. The summed E-state index contributed by atoms with van der Waals surface area (Å²) in [7, 11) is 0. The molecule has 1 heteroatoms. The summed E-state index contributed by atoms with van der Waals surface area (Å²) in [5.41, 5.74) is 0. The van der Waals surface area contributed by atoms with Crippen LogP contribution in [0.3, 0.4) is 0 Å². The van der Waals surface area contributed by atoms with Crippen molar-refractivity contribution >= 4 is 12.6 Å². The Morgan fingerprint density at radius 1 is 1.25 bits per heavy atom. The molecule has 0 nitrogen and oxygen atoms in total. The van der Waals surface area contributed by atoms with Gasteiger partial charge >= 0.3 is 0 Å². The molecule has 46 valence electrons. The third-order valence-corrected chi connectivity index (χ3v) is 3.22. The van der Waals surface area contributed by atoms with E-state index in [0.717, 1.165) is 23.5 Å². The summed E-state index contributed by atoms with van der Waals surface area (Å²) in [5.74, 6) is 4.42. The van der Waals surface area contributed by atoms with Crippen LogP contribution in [0.5, 0.6) is 0 Å². The molecule has 2 atom stereocenters. The summed E-state index contributed by atoms with van der Waals surface area (Å²) in [6, 6.07) is 0. The molecule has 0 amide bonds. The molecule has 0 aromatic heterocycles. The maximum atomic E-state index is 4.28. The molecule has 0 bridgehead atoms. The summed E-state index contributed by atoms with van der Waals surface area (Å²) in [4.78, 5) is 0. The van der Waals surface area contributed by atoms with Crippen LogP contribution in [-0.4, -0.2) is 5.75 Å². The number of rotatable bonds is 1. The van der Waals surface area contributed by atoms with Gasteiger partial charge in [-0.05, 0) is 36.3 Å². The molecule has 2 aliphatic rings. The van der Waals surface area contributed by atoms with Gasteiger partial charge in [0.05, 0.1) is 0 Å². The second kappa shape index (κ2) is 1.66. The first-order valence-electron chi connectivity index (χ1n) is 3.54. The maximum Gasteiger partial charge on any atom is -0.00640 e. The van der Waals surface area contributed by atoms with Crippen molar-refractivity contribution in [2.75, 3.05) is 5.75 Å². The van der Waals surface area contributed by atoms with Gasteiger partial charge in [-0.15, -0.1) is 0 Å². The topological polar surface area (TPSA) is 0 Å². The van der Waals surface area contributed by atoms with E-state index in [1.807, 2.05) is 0 Å². The summed E-state index contributed by atoms with van der Waals surface area (Å²) in [6.07, 6.45) is 4.52. The second-order valence-corrected chi connectivity index (χ2v) is 3.47. The average Bonchev–Trinajstić information content (AvgIpc) is 2.22. The lowest BCUT2D eigenvalue weighted by Gasteiger charge is -1.94. The Labute approximate surface area is 56.1 Å². The van der Waals surface area contributed by atoms with E-state index < -0.39 is 0 Å². The Bertz CT molecular complexity index is 83.8. The van der Waals surface area contributed by atoms with Gasteiger partial charge in [-0.2, -0.15) is 12.6 Å². The third-order valence-electron chi connectivity index (χ3n) is 2.79. The molecule has 0 aromatic carbocycles. The Kier molecular flexibility index (Phi) is 1.07. The van der Waals surface area contributed by atoms with Gasteiger partial charge in [0.25, 0.3) is 0 Å². The normalized spacial score (nSPS) is 51.4. The Balaban J connectivity index is 1.94. The molecule has 2 saturated carbocycles. The highest BCUT2D eigenvalue weighted by Gasteiger charge is 2.51. The van der Waals surface area contributed by atoms with Crippen molar-refractivity contribution in [3.8, 4) is 0 Å². The predicted octanol–water partition coefficient (Wildman–Crippen LogP) is 1.96. The van der Waals surface area contributed by atoms with Gasteiger partial charge in [0.1, 0.15) is 0 Å². The standard InChI is InChI=1S/C7H12S/c8-4-7-5-2-1-3-6(5)7/h5-8H,1-4H2. The van der Waals surface area contributed by atoms with Gasteiger partial charge in [-0.1, -0.05) is 6.42 Å². The Hall–Kier alpha value is 0.350. The molecule has 2 unspecified atom stereocenters. The molecule has 2 aliphatic carbocycles. The van der Waals surface area contributed by atoms with E-state index in [1.165, 1.54) is 19.3 Å². The van der Waals surface area contributed by atoms with E-state index in [2.05, 4.69) is 12.6 Å². The van der Waals surface area contributed by atoms with Crippen LogP contribution in [0.2, 0.25) is 0 Å². The molecule has 0 aliphatic heterocycles. The number of fused-ring (bicyclic) bond motifs is 1. The lowest BCUT2D eigenvalue weighted by Crippen LogP contribution is -1.86. The average molecular weight is 128 g/mol. The number of hydrogen-bond donors (Lipinski definition) is 1. The van der Waals surface area contributed by atoms with E-state index in [9.17, 15) is 0 Å². The van der Waals surface area contributed by atoms with E-state index in [0.29, 0.717) is 0 Å². The SMILES string of the molecule is SCC1C2CCCC12. The minimum atomic E-state index is 1.03. The second-order valence-electron chi connectivity index (χ2n) is 3.11. The van der Waals surface area contributed by atoms with Crippen molar-refractivity contribution in [2.45, 2.75) is 19.3 Å². The van der Waals surface area contributed by atoms with E-state index >= 15 is 0 Å². The van der Waals surface area contributed by atoms with Crippen LogP contribution in [-0.2, 0) is 0 Å². The van der Waals surface area contributed by atoms with Gasteiger partial charge in [0.2, 0.25) is 0 Å². The molecule has 0 heterocycles. The van der Waals surface area contributed by atoms with Crippen molar-refractivity contribution in [3.63, 3.8) is 0 Å². The largest absolute Gasteiger partial charge is 0.179 e. The predicted molar refractivity (Wildman–Crippen MR) is 38.2 cm³/mol. The summed E-state index contributed by atoms with van der Waals surface area (Å²) < 4.78 is 0. The van der Waals surface area contributed by atoms with Gasteiger partial charge < -0.3 is 0 Å². The molecule has 8 heavy (non-hydrogen) atoms. The molecule has 0 radical (unpaired) electrons. The third kappa shape index (κ3) is 0.540. The van der Waals surface area contributed by atoms with Crippen molar-refractivity contribution in [1.29, 1.82) is 0 Å². The van der Waals surface area contributed by atoms with Crippen LogP contribution in [0.1, 0.15) is 19.3 Å². The number of hydrogen-bond acceptors (Lipinski definition) is 1. The molecule has 0 saturated heterocycles. The van der Waals surface area contributed by atoms with E-state index in [4.69, 9.17) is 0 Å². The number of thiol groups is 1. The van der Waals surface area contributed by atoms with E-state index in [-0.39, 0.29) is 0 Å². The van der Waals surface area contributed by atoms with Crippen LogP contribution in [0, 0.1) is 17.8 Å². The minimum Gasteiger partial charge on any atom is -0.179 e. The maximum absolute atomic E-state index is 4.28. The highest BCUT2D eigenvalue weighted by Crippen LogP contribution is 2.57. The molecular formula is C7H12S. The zero-order valence-corrected chi connectivity index (χ0v) is 5.90. The van der Waals surface area contributed by atoms with Crippen LogP contribution < -0.4 is 0 Å². The first-order chi connectivity index (χ1) is 3.93. The fourth-order valence-electron chi connectivity index (χ4n) is 2.24. The monoisotopic (exact) mass is 128 g/mol. The van der Waals surface area contributed by atoms with Crippen LogP contribution in [0.4, 0.5) is 0 Å². The summed E-state index contributed by atoms with van der Waals surface area (Å²) >= 11 is 4.28. The zero-order chi connectivity index (χ0) is 5.56. The molecule has 2 fully saturated rings. The Morgan fingerprint density at radius 3 is 2.25 bits per heavy atom. The molecule has 0 N–H and O–H groups in total. The molecular weight excluding hydrogens is 116 g/mol. The first kappa shape index (κ1) is 5.16. The van der Waals surface area contributed by atoms with Crippen LogP contribution in [0.25, 0.3) is 0 Å². The van der Waals surface area contributed by atoms with E-state index in [1.54, 1.807) is 0 Å². The highest BCUT2D eigenvalue weighted by atomic mass is 32.1. The molecule has 0 spiro atoms. The zero-order valence-electron chi connectivity index (χ0n) is 5.01. The molecule has 0 aromatic rings. The lowest BCUT2D eigenvalue weighted by atomic mass is 10.2. The summed E-state index contributed by atoms with van der Waals surface area (Å²) in [6.45, 7) is 0. The smallest absolute Gasteiger partial charge is 0.00640 e. The van der Waals surface area contributed by atoms with Crippen molar-refractivity contribution in [1.82, 2.24) is 0 Å². The van der Waals surface area contributed by atoms with Crippen LogP contribution in [0.15, 0.2) is 0 Å². The fourth-order valence-corrected chi connectivity index (χ4v) is 2.78. The van der Waals surface area contributed by atoms with Gasteiger partial charge in [-0.25, -0.2) is 0 Å². The highest BCUT2D eigenvalue weighted by molar-refractivity contribution is 7.80. The summed E-state index contributed by atoms with van der Waals surface area (Å²) in [5, 5.41) is 0. The van der Waals surface area contributed by atoms with Crippen molar-refractivity contribution in [2.24, 2.45) is 17.8 Å². The van der Waals surface area contributed by atoms with Gasteiger partial charge in [-0.3, -0.25) is 0 Å². The molecule has 2 rings (SSSR count). The van der Waals surface area contributed by atoms with Crippen LogP contribution >= 0.6 is 12.6 Å². The van der Waals surface area contributed by atoms with Crippen molar-refractivity contribution in [3.05, 3.63) is 0 Å². The quantitative estimate of drug-likeness (QED) is 0.513. The first-order valence-corrected chi connectivity index (χ1v) is 4.17. The van der Waals surface area contributed by atoms with Gasteiger partial charge in [0.15, 0.2) is 0 Å².